The van der Waals surface area contributed by atoms with Crippen LogP contribution in [0.4, 0.5) is 0 Å². The van der Waals surface area contributed by atoms with Crippen LogP contribution in [-0.2, 0) is 18.2 Å². The minimum absolute atomic E-state index is 0.392. The molecule has 0 spiro atoms. The summed E-state index contributed by atoms with van der Waals surface area (Å²) in [6.07, 6.45) is 2.76. The van der Waals surface area contributed by atoms with E-state index in [9.17, 15) is 4.79 Å². The minimum Gasteiger partial charge on any atom is -0.464 e. The first-order chi connectivity index (χ1) is 8.56. The Hall–Kier alpha value is -1.69. The SMILES string of the molecule is CCc1nn(C)cc1-c1nc(C(=O)OC)c(C)s1. The molecule has 0 N–H and O–H groups in total. The molecule has 18 heavy (non-hydrogen) atoms. The van der Waals surface area contributed by atoms with Gasteiger partial charge in [-0.3, -0.25) is 4.68 Å². The molecule has 2 aromatic heterocycles. The van der Waals surface area contributed by atoms with Crippen LogP contribution in [0.25, 0.3) is 10.6 Å². The highest BCUT2D eigenvalue weighted by molar-refractivity contribution is 7.15. The minimum atomic E-state index is -0.392. The van der Waals surface area contributed by atoms with Gasteiger partial charge < -0.3 is 4.74 Å². The topological polar surface area (TPSA) is 57.0 Å². The van der Waals surface area contributed by atoms with Crippen LogP contribution in [-0.4, -0.2) is 27.8 Å². The maximum absolute atomic E-state index is 11.5. The van der Waals surface area contributed by atoms with E-state index in [1.54, 1.807) is 4.68 Å². The summed E-state index contributed by atoms with van der Waals surface area (Å²) in [7, 11) is 3.24. The van der Waals surface area contributed by atoms with Gasteiger partial charge in [0.25, 0.3) is 0 Å². The average Bonchev–Trinajstić information content (AvgIpc) is 2.91. The summed E-state index contributed by atoms with van der Waals surface area (Å²) >= 11 is 1.49. The highest BCUT2D eigenvalue weighted by Crippen LogP contribution is 2.30. The summed E-state index contributed by atoms with van der Waals surface area (Å²) in [5.41, 5.74) is 2.37. The van der Waals surface area contributed by atoms with Crippen LogP contribution in [0, 0.1) is 6.92 Å². The first kappa shape index (κ1) is 12.8. The summed E-state index contributed by atoms with van der Waals surface area (Å²) in [6.45, 7) is 3.92. The summed E-state index contributed by atoms with van der Waals surface area (Å²) in [4.78, 5) is 16.8. The van der Waals surface area contributed by atoms with Gasteiger partial charge in [0.15, 0.2) is 5.69 Å². The van der Waals surface area contributed by atoms with Crippen LogP contribution in [0.2, 0.25) is 0 Å². The van der Waals surface area contributed by atoms with Gasteiger partial charge in [0.2, 0.25) is 0 Å². The Balaban J connectivity index is 2.48. The third kappa shape index (κ3) is 2.15. The van der Waals surface area contributed by atoms with Crippen LogP contribution < -0.4 is 0 Å². The van der Waals surface area contributed by atoms with Crippen LogP contribution >= 0.6 is 11.3 Å². The molecule has 0 unspecified atom stereocenters. The van der Waals surface area contributed by atoms with E-state index >= 15 is 0 Å². The number of esters is 1. The van der Waals surface area contributed by atoms with E-state index in [1.165, 1.54) is 18.4 Å². The van der Waals surface area contributed by atoms with Gasteiger partial charge in [-0.25, -0.2) is 9.78 Å². The summed E-state index contributed by atoms with van der Waals surface area (Å²) in [6, 6.07) is 0. The molecule has 0 amide bonds. The fourth-order valence-corrected chi connectivity index (χ4v) is 2.71. The molecule has 5 nitrogen and oxygen atoms in total. The maximum atomic E-state index is 11.5. The van der Waals surface area contributed by atoms with Crippen molar-refractivity contribution < 1.29 is 9.53 Å². The lowest BCUT2D eigenvalue weighted by atomic mass is 10.2. The molecule has 0 bridgehead atoms. The lowest BCUT2D eigenvalue weighted by Gasteiger charge is -1.94. The standard InChI is InChI=1S/C12H15N3O2S/c1-5-9-8(6-15(3)14-9)11-13-10(7(2)18-11)12(16)17-4/h6H,5H2,1-4H3. The predicted octanol–water partition coefficient (Wildman–Crippen LogP) is 2.20. The molecular weight excluding hydrogens is 250 g/mol. The molecule has 0 aliphatic heterocycles. The second kappa shape index (κ2) is 4.89. The molecule has 0 saturated carbocycles. The van der Waals surface area contributed by atoms with Crippen molar-refractivity contribution >= 4 is 17.3 Å². The number of carbonyl (C=O) groups is 1. The number of thiazole rings is 1. The first-order valence-electron chi connectivity index (χ1n) is 5.65. The number of aromatic nitrogens is 3. The van der Waals surface area contributed by atoms with Crippen molar-refractivity contribution in [3.63, 3.8) is 0 Å². The van der Waals surface area contributed by atoms with Crippen molar-refractivity contribution in [2.24, 2.45) is 7.05 Å². The smallest absolute Gasteiger partial charge is 0.357 e. The zero-order chi connectivity index (χ0) is 13.3. The van der Waals surface area contributed by atoms with E-state index in [0.717, 1.165) is 27.6 Å². The molecule has 0 aliphatic carbocycles. The highest BCUT2D eigenvalue weighted by atomic mass is 32.1. The molecule has 0 aliphatic rings. The molecule has 0 saturated heterocycles. The lowest BCUT2D eigenvalue weighted by Crippen LogP contribution is -2.03. The van der Waals surface area contributed by atoms with Crippen molar-refractivity contribution in [2.75, 3.05) is 7.11 Å². The van der Waals surface area contributed by atoms with Gasteiger partial charge in [0.05, 0.1) is 18.4 Å². The molecule has 0 aromatic carbocycles. The molecule has 0 radical (unpaired) electrons. The lowest BCUT2D eigenvalue weighted by molar-refractivity contribution is 0.0594. The Morgan fingerprint density at radius 3 is 2.89 bits per heavy atom. The van der Waals surface area contributed by atoms with E-state index in [0.29, 0.717) is 5.69 Å². The van der Waals surface area contributed by atoms with E-state index in [2.05, 4.69) is 10.1 Å². The second-order valence-electron chi connectivity index (χ2n) is 3.93. The Kier molecular flexibility index (Phi) is 3.47. The van der Waals surface area contributed by atoms with E-state index in [1.807, 2.05) is 27.1 Å². The number of hydrogen-bond acceptors (Lipinski definition) is 5. The fraction of sp³-hybridized carbons (Fsp3) is 0.417. The molecule has 2 heterocycles. The monoisotopic (exact) mass is 265 g/mol. The zero-order valence-electron chi connectivity index (χ0n) is 10.9. The largest absolute Gasteiger partial charge is 0.464 e. The molecule has 2 rings (SSSR count). The summed E-state index contributed by atoms with van der Waals surface area (Å²) in [5.74, 6) is -0.392. The zero-order valence-corrected chi connectivity index (χ0v) is 11.7. The normalized spacial score (nSPS) is 10.7. The quantitative estimate of drug-likeness (QED) is 0.798. The van der Waals surface area contributed by atoms with Gasteiger partial charge in [-0.05, 0) is 13.3 Å². The third-order valence-electron chi connectivity index (χ3n) is 2.65. The fourth-order valence-electron chi connectivity index (χ4n) is 1.77. The Labute approximate surface area is 109 Å². The van der Waals surface area contributed by atoms with Gasteiger partial charge in [0.1, 0.15) is 5.01 Å². The summed E-state index contributed by atoms with van der Waals surface area (Å²) in [5, 5.41) is 5.19. The Morgan fingerprint density at radius 2 is 2.28 bits per heavy atom. The van der Waals surface area contributed by atoms with Crippen molar-refractivity contribution in [3.05, 3.63) is 22.5 Å². The molecule has 96 valence electrons. The highest BCUT2D eigenvalue weighted by Gasteiger charge is 2.19. The number of methoxy groups -OCH3 is 1. The van der Waals surface area contributed by atoms with Gasteiger partial charge in [-0.1, -0.05) is 6.92 Å². The number of aryl methyl sites for hydroxylation is 3. The van der Waals surface area contributed by atoms with Crippen LogP contribution in [0.5, 0.6) is 0 Å². The second-order valence-corrected chi connectivity index (χ2v) is 5.14. The Bertz CT molecular complexity index is 586. The van der Waals surface area contributed by atoms with E-state index in [-0.39, 0.29) is 0 Å². The molecule has 6 heteroatoms. The maximum Gasteiger partial charge on any atom is 0.357 e. The van der Waals surface area contributed by atoms with E-state index in [4.69, 9.17) is 4.74 Å². The number of ether oxygens (including phenoxy) is 1. The average molecular weight is 265 g/mol. The predicted molar refractivity (Wildman–Crippen MR) is 69.8 cm³/mol. The van der Waals surface area contributed by atoms with Crippen molar-refractivity contribution in [1.82, 2.24) is 14.8 Å². The van der Waals surface area contributed by atoms with Gasteiger partial charge >= 0.3 is 5.97 Å². The number of hydrogen-bond donors (Lipinski definition) is 0. The van der Waals surface area contributed by atoms with Gasteiger partial charge in [-0.15, -0.1) is 11.3 Å². The van der Waals surface area contributed by atoms with Crippen LogP contribution in [0.1, 0.15) is 28.0 Å². The van der Waals surface area contributed by atoms with Crippen molar-refractivity contribution in [3.8, 4) is 10.6 Å². The molecule has 0 atom stereocenters. The molecule has 0 fully saturated rings. The van der Waals surface area contributed by atoms with Crippen LogP contribution in [0.3, 0.4) is 0 Å². The number of carbonyl (C=O) groups excluding carboxylic acids is 1. The number of nitrogens with zero attached hydrogens (tertiary/aromatic N) is 3. The summed E-state index contributed by atoms with van der Waals surface area (Å²) < 4.78 is 6.48. The van der Waals surface area contributed by atoms with E-state index < -0.39 is 5.97 Å². The van der Waals surface area contributed by atoms with Crippen molar-refractivity contribution in [1.29, 1.82) is 0 Å². The van der Waals surface area contributed by atoms with Crippen LogP contribution in [0.15, 0.2) is 6.20 Å². The first-order valence-corrected chi connectivity index (χ1v) is 6.47. The molecule has 2 aromatic rings. The Morgan fingerprint density at radius 1 is 1.56 bits per heavy atom. The van der Waals surface area contributed by atoms with Crippen molar-refractivity contribution in [2.45, 2.75) is 20.3 Å². The molecular formula is C12H15N3O2S. The van der Waals surface area contributed by atoms with Gasteiger partial charge in [-0.2, -0.15) is 5.10 Å². The third-order valence-corrected chi connectivity index (χ3v) is 3.65. The number of rotatable bonds is 3. The van der Waals surface area contributed by atoms with Gasteiger partial charge in [0, 0.05) is 18.1 Å².